The molecular weight excluding hydrogens is 513 g/mol. The number of halogens is 4. The van der Waals surface area contributed by atoms with Crippen molar-refractivity contribution in [2.75, 3.05) is 6.26 Å². The van der Waals surface area contributed by atoms with Crippen LogP contribution in [-0.4, -0.2) is 33.6 Å². The summed E-state index contributed by atoms with van der Waals surface area (Å²) in [6.07, 6.45) is -2.69. The van der Waals surface area contributed by atoms with Crippen LogP contribution in [0.1, 0.15) is 49.0 Å². The Balaban J connectivity index is 1.70. The maximum atomic E-state index is 13.2. The summed E-state index contributed by atoms with van der Waals surface area (Å²) >= 11 is 6.10. The lowest BCUT2D eigenvalue weighted by molar-refractivity contribution is -0.137. The maximum absolute atomic E-state index is 13.2. The lowest BCUT2D eigenvalue weighted by Gasteiger charge is -2.44. The molecular formula is C23H24ClF3O5S2. The zero-order chi connectivity index (χ0) is 25.7. The van der Waals surface area contributed by atoms with Gasteiger partial charge in [-0.25, -0.2) is 16.8 Å². The third kappa shape index (κ3) is 5.18. The van der Waals surface area contributed by atoms with Gasteiger partial charge < -0.3 is 0 Å². The van der Waals surface area contributed by atoms with Crippen LogP contribution in [0, 0.1) is 11.8 Å². The van der Waals surface area contributed by atoms with Crippen LogP contribution >= 0.6 is 11.6 Å². The van der Waals surface area contributed by atoms with Gasteiger partial charge in [0.25, 0.3) is 0 Å². The fourth-order valence-corrected chi connectivity index (χ4v) is 6.93. The summed E-state index contributed by atoms with van der Waals surface area (Å²) in [5, 5.41) is 0.0243. The zero-order valence-electron chi connectivity index (χ0n) is 18.7. The quantitative estimate of drug-likeness (QED) is 0.429. The zero-order valence-corrected chi connectivity index (χ0v) is 21.1. The van der Waals surface area contributed by atoms with Gasteiger partial charge in [0, 0.05) is 18.2 Å². The van der Waals surface area contributed by atoms with Crippen LogP contribution in [0.5, 0.6) is 0 Å². The average Bonchev–Trinajstić information content (AvgIpc) is 2.68. The lowest BCUT2D eigenvalue weighted by atomic mass is 9.67. The van der Waals surface area contributed by atoms with E-state index in [4.69, 9.17) is 11.6 Å². The van der Waals surface area contributed by atoms with Crippen LogP contribution in [0.4, 0.5) is 13.2 Å². The smallest absolute Gasteiger partial charge is 0.294 e. The standard InChI is InChI=1S/C23H24ClF3O5S2/c1-22(2,34(31,32)18-6-4-5-15(12-18)23(25,26)27)16-9-14(10-16)11-21(28)19-8-7-17(13-20(19)24)33(3,29)30/h4-8,12-14,16H,9-11H2,1-3H3. The Bertz CT molecular complexity index is 1330. The van der Waals surface area contributed by atoms with Crippen molar-refractivity contribution in [2.45, 2.75) is 53.8 Å². The van der Waals surface area contributed by atoms with Gasteiger partial charge in [0.05, 0.1) is 25.1 Å². The van der Waals surface area contributed by atoms with Gasteiger partial charge in [0.1, 0.15) is 0 Å². The molecule has 11 heteroatoms. The van der Waals surface area contributed by atoms with Crippen molar-refractivity contribution in [1.82, 2.24) is 0 Å². The third-order valence-electron chi connectivity index (χ3n) is 6.53. The summed E-state index contributed by atoms with van der Waals surface area (Å²) in [6, 6.07) is 7.60. The number of hydrogen-bond donors (Lipinski definition) is 0. The normalized spacial score (nSPS) is 19.5. The fourth-order valence-electron chi connectivity index (χ4n) is 4.16. The van der Waals surface area contributed by atoms with Gasteiger partial charge in [-0.05, 0) is 74.9 Å². The number of carbonyl (C=O) groups excluding carboxylic acids is 1. The van der Waals surface area contributed by atoms with Gasteiger partial charge in [-0.1, -0.05) is 17.7 Å². The molecule has 0 aromatic heterocycles. The van der Waals surface area contributed by atoms with Crippen LogP contribution in [0.3, 0.4) is 0 Å². The van der Waals surface area contributed by atoms with Crippen molar-refractivity contribution in [3.63, 3.8) is 0 Å². The van der Waals surface area contributed by atoms with E-state index in [0.717, 1.165) is 24.5 Å². The first-order valence-corrected chi connectivity index (χ1v) is 14.1. The molecule has 0 aliphatic heterocycles. The molecule has 1 aliphatic carbocycles. The van der Waals surface area contributed by atoms with Gasteiger partial charge in [-0.3, -0.25) is 4.79 Å². The fraction of sp³-hybridized carbons (Fsp3) is 0.435. The molecule has 0 heterocycles. The Kier molecular flexibility index (Phi) is 7.02. The minimum atomic E-state index is -4.65. The second-order valence-corrected chi connectivity index (χ2v) is 14.2. The third-order valence-corrected chi connectivity index (χ3v) is 10.5. The number of carbonyl (C=O) groups is 1. The van der Waals surface area contributed by atoms with E-state index in [0.29, 0.717) is 18.9 Å². The van der Waals surface area contributed by atoms with Crippen molar-refractivity contribution in [2.24, 2.45) is 11.8 Å². The van der Waals surface area contributed by atoms with Gasteiger partial charge in [-0.2, -0.15) is 13.2 Å². The highest BCUT2D eigenvalue weighted by atomic mass is 35.5. The van der Waals surface area contributed by atoms with E-state index in [2.05, 4.69) is 0 Å². The Morgan fingerprint density at radius 1 is 1.00 bits per heavy atom. The molecule has 0 radical (unpaired) electrons. The van der Waals surface area contributed by atoms with Crippen molar-refractivity contribution >= 4 is 37.1 Å². The summed E-state index contributed by atoms with van der Waals surface area (Å²) in [5.41, 5.74) is -0.839. The Morgan fingerprint density at radius 2 is 1.62 bits per heavy atom. The topological polar surface area (TPSA) is 85.3 Å². The molecule has 5 nitrogen and oxygen atoms in total. The number of alkyl halides is 3. The number of rotatable bonds is 7. The summed E-state index contributed by atoms with van der Waals surface area (Å²) in [5.74, 6) is -0.737. The molecule has 0 bridgehead atoms. The highest BCUT2D eigenvalue weighted by molar-refractivity contribution is 7.92. The molecule has 0 atom stereocenters. The Morgan fingerprint density at radius 3 is 2.15 bits per heavy atom. The molecule has 0 spiro atoms. The van der Waals surface area contributed by atoms with E-state index in [9.17, 15) is 34.8 Å². The molecule has 1 fully saturated rings. The molecule has 0 amide bonds. The minimum Gasteiger partial charge on any atom is -0.294 e. The molecule has 0 unspecified atom stereocenters. The monoisotopic (exact) mass is 536 g/mol. The first-order chi connectivity index (χ1) is 15.4. The minimum absolute atomic E-state index is 0.000642. The van der Waals surface area contributed by atoms with E-state index >= 15 is 0 Å². The van der Waals surface area contributed by atoms with Gasteiger partial charge in [0.15, 0.2) is 25.5 Å². The van der Waals surface area contributed by atoms with Crippen molar-refractivity contribution in [1.29, 1.82) is 0 Å². The predicted octanol–water partition coefficient (Wildman–Crippen LogP) is 5.61. The first-order valence-electron chi connectivity index (χ1n) is 10.4. The van der Waals surface area contributed by atoms with Gasteiger partial charge in [-0.15, -0.1) is 0 Å². The Labute approximate surface area is 202 Å². The summed E-state index contributed by atoms with van der Waals surface area (Å²) in [6.45, 7) is 2.98. The number of hydrogen-bond acceptors (Lipinski definition) is 5. The number of Topliss-reactive ketones (excluding diaryl/α,β-unsaturated/α-hetero) is 1. The summed E-state index contributed by atoms with van der Waals surface area (Å²) in [4.78, 5) is 12.3. The highest BCUT2D eigenvalue weighted by Crippen LogP contribution is 2.48. The van der Waals surface area contributed by atoms with Gasteiger partial charge in [0.2, 0.25) is 0 Å². The van der Waals surface area contributed by atoms with Crippen LogP contribution < -0.4 is 0 Å². The molecule has 2 aromatic carbocycles. The molecule has 2 aromatic rings. The van der Waals surface area contributed by atoms with Crippen LogP contribution in [0.25, 0.3) is 0 Å². The highest BCUT2D eigenvalue weighted by Gasteiger charge is 2.49. The largest absolute Gasteiger partial charge is 0.416 e. The van der Waals surface area contributed by atoms with E-state index in [1.807, 2.05) is 0 Å². The molecule has 1 saturated carbocycles. The van der Waals surface area contributed by atoms with Crippen molar-refractivity contribution in [3.05, 3.63) is 58.6 Å². The number of ketones is 1. The van der Waals surface area contributed by atoms with Crippen LogP contribution in [0.2, 0.25) is 5.02 Å². The van der Waals surface area contributed by atoms with Crippen molar-refractivity contribution < 1.29 is 34.8 Å². The van der Waals surface area contributed by atoms with E-state index in [-0.39, 0.29) is 44.4 Å². The van der Waals surface area contributed by atoms with Crippen molar-refractivity contribution in [3.8, 4) is 0 Å². The summed E-state index contributed by atoms with van der Waals surface area (Å²) < 4.78 is 87.4. The lowest BCUT2D eigenvalue weighted by Crippen LogP contribution is -2.46. The molecule has 0 N–H and O–H groups in total. The van der Waals surface area contributed by atoms with E-state index in [1.165, 1.54) is 32.0 Å². The van der Waals surface area contributed by atoms with Gasteiger partial charge >= 0.3 is 6.18 Å². The second-order valence-electron chi connectivity index (χ2n) is 9.21. The second kappa shape index (κ2) is 8.95. The van der Waals surface area contributed by atoms with E-state index < -0.39 is 36.2 Å². The molecule has 3 rings (SSSR count). The number of benzene rings is 2. The molecule has 186 valence electrons. The number of sulfone groups is 2. The van der Waals surface area contributed by atoms with Crippen LogP contribution in [0.15, 0.2) is 52.3 Å². The molecule has 34 heavy (non-hydrogen) atoms. The summed E-state index contributed by atoms with van der Waals surface area (Å²) in [7, 11) is -7.54. The van der Waals surface area contributed by atoms with Crippen LogP contribution in [-0.2, 0) is 25.9 Å². The SMILES string of the molecule is CC(C)(C1CC(CC(=O)c2ccc(S(C)(=O)=O)cc2Cl)C1)S(=O)(=O)c1cccc(C(F)(F)F)c1. The first kappa shape index (κ1) is 26.7. The Hall–Kier alpha value is -1.91. The maximum Gasteiger partial charge on any atom is 0.416 e. The average molecular weight is 537 g/mol. The van der Waals surface area contributed by atoms with E-state index in [1.54, 1.807) is 0 Å². The molecule has 1 aliphatic rings. The predicted molar refractivity (Wildman–Crippen MR) is 122 cm³/mol. The molecule has 0 saturated heterocycles.